The second kappa shape index (κ2) is 6.66. The first-order valence-electron chi connectivity index (χ1n) is 5.37. The van der Waals surface area contributed by atoms with E-state index in [2.05, 4.69) is 0 Å². The van der Waals surface area contributed by atoms with E-state index < -0.39 is 10.8 Å². The minimum absolute atomic E-state index is 0.149. The summed E-state index contributed by atoms with van der Waals surface area (Å²) in [5.74, 6) is 1.37. The number of nitrogens with two attached hydrogens (primary N) is 1. The van der Waals surface area contributed by atoms with Crippen molar-refractivity contribution in [2.24, 2.45) is 5.73 Å². The van der Waals surface area contributed by atoms with Gasteiger partial charge in [-0.15, -0.1) is 0 Å². The first kappa shape index (κ1) is 13.2. The van der Waals surface area contributed by atoms with E-state index in [-0.39, 0.29) is 5.25 Å². The van der Waals surface area contributed by atoms with Gasteiger partial charge in [0, 0.05) is 21.8 Å². The maximum absolute atomic E-state index is 11.9. The normalized spacial score (nSPS) is 14.4. The summed E-state index contributed by atoms with van der Waals surface area (Å²) >= 11 is 0. The molecule has 0 heterocycles. The molecule has 0 radical (unpaired) electrons. The van der Waals surface area contributed by atoms with Crippen molar-refractivity contribution in [1.82, 2.24) is 0 Å². The summed E-state index contributed by atoms with van der Waals surface area (Å²) in [6, 6.07) is 7.69. The van der Waals surface area contributed by atoms with Gasteiger partial charge in [-0.1, -0.05) is 19.1 Å². The quantitative estimate of drug-likeness (QED) is 0.824. The SMILES string of the molecule is COc1cccc(CS(=O)C(C)CCN)c1. The first-order valence-corrected chi connectivity index (χ1v) is 6.75. The fourth-order valence-corrected chi connectivity index (χ4v) is 2.63. The molecule has 16 heavy (non-hydrogen) atoms. The van der Waals surface area contributed by atoms with Crippen molar-refractivity contribution in [1.29, 1.82) is 0 Å². The van der Waals surface area contributed by atoms with Gasteiger partial charge in [0.2, 0.25) is 0 Å². The van der Waals surface area contributed by atoms with Crippen LogP contribution >= 0.6 is 0 Å². The second-order valence-electron chi connectivity index (χ2n) is 3.76. The lowest BCUT2D eigenvalue weighted by atomic mass is 10.2. The molecule has 0 aliphatic carbocycles. The standard InChI is InChI=1S/C12H19NO2S/c1-10(6-7-13)16(14)9-11-4-3-5-12(8-11)15-2/h3-5,8,10H,6-7,9,13H2,1-2H3. The van der Waals surface area contributed by atoms with Gasteiger partial charge >= 0.3 is 0 Å². The zero-order chi connectivity index (χ0) is 12.0. The van der Waals surface area contributed by atoms with Crippen LogP contribution in [0.2, 0.25) is 0 Å². The van der Waals surface area contributed by atoms with Gasteiger partial charge in [0.25, 0.3) is 0 Å². The zero-order valence-corrected chi connectivity index (χ0v) is 10.6. The van der Waals surface area contributed by atoms with Crippen LogP contribution in [0, 0.1) is 0 Å². The molecular formula is C12H19NO2S. The van der Waals surface area contributed by atoms with Gasteiger partial charge in [-0.25, -0.2) is 0 Å². The molecule has 4 heteroatoms. The largest absolute Gasteiger partial charge is 0.497 e. The molecule has 1 aromatic rings. The highest BCUT2D eigenvalue weighted by molar-refractivity contribution is 7.84. The molecule has 1 rings (SSSR count). The lowest BCUT2D eigenvalue weighted by molar-refractivity contribution is 0.414. The third-order valence-corrected chi connectivity index (χ3v) is 4.22. The molecule has 3 nitrogen and oxygen atoms in total. The summed E-state index contributed by atoms with van der Waals surface area (Å²) in [5.41, 5.74) is 6.49. The minimum atomic E-state index is -0.861. The van der Waals surface area contributed by atoms with Crippen molar-refractivity contribution in [2.45, 2.75) is 24.3 Å². The minimum Gasteiger partial charge on any atom is -0.497 e. The highest BCUT2D eigenvalue weighted by atomic mass is 32.2. The lowest BCUT2D eigenvalue weighted by Crippen LogP contribution is -2.17. The Bertz CT molecular complexity index is 355. The smallest absolute Gasteiger partial charge is 0.119 e. The Morgan fingerprint density at radius 3 is 2.88 bits per heavy atom. The summed E-state index contributed by atoms with van der Waals surface area (Å²) in [7, 11) is 0.771. The van der Waals surface area contributed by atoms with Crippen LogP contribution < -0.4 is 10.5 Å². The number of methoxy groups -OCH3 is 1. The summed E-state index contributed by atoms with van der Waals surface area (Å²) in [6.07, 6.45) is 0.802. The van der Waals surface area contributed by atoms with E-state index in [0.29, 0.717) is 12.3 Å². The molecule has 0 aliphatic rings. The Kier molecular flexibility index (Phi) is 5.49. The Hall–Kier alpha value is -0.870. The Balaban J connectivity index is 2.61. The number of hydrogen-bond donors (Lipinski definition) is 1. The topological polar surface area (TPSA) is 52.3 Å². The third kappa shape index (κ3) is 3.94. The van der Waals surface area contributed by atoms with Crippen LogP contribution in [0.25, 0.3) is 0 Å². The summed E-state index contributed by atoms with van der Waals surface area (Å²) in [4.78, 5) is 0. The van der Waals surface area contributed by atoms with E-state index in [1.165, 1.54) is 0 Å². The molecule has 0 saturated heterocycles. The van der Waals surface area contributed by atoms with Crippen molar-refractivity contribution < 1.29 is 8.95 Å². The first-order chi connectivity index (χ1) is 7.67. The second-order valence-corrected chi connectivity index (χ2v) is 5.62. The average Bonchev–Trinajstić information content (AvgIpc) is 2.29. The van der Waals surface area contributed by atoms with Crippen LogP contribution in [-0.4, -0.2) is 23.1 Å². The lowest BCUT2D eigenvalue weighted by Gasteiger charge is -2.10. The number of rotatable bonds is 6. The molecule has 2 atom stereocenters. The van der Waals surface area contributed by atoms with Gasteiger partial charge in [-0.2, -0.15) is 0 Å². The van der Waals surface area contributed by atoms with Crippen LogP contribution in [0.1, 0.15) is 18.9 Å². The van der Waals surface area contributed by atoms with Gasteiger partial charge in [0.1, 0.15) is 5.75 Å². The molecule has 0 aliphatic heterocycles. The van der Waals surface area contributed by atoms with E-state index in [4.69, 9.17) is 10.5 Å². The Morgan fingerprint density at radius 2 is 2.25 bits per heavy atom. The molecule has 0 bridgehead atoms. The maximum atomic E-state index is 11.9. The Labute approximate surface area is 99.4 Å². The van der Waals surface area contributed by atoms with E-state index in [9.17, 15) is 4.21 Å². The molecule has 0 fully saturated rings. The third-order valence-electron chi connectivity index (χ3n) is 2.47. The van der Waals surface area contributed by atoms with Crippen LogP contribution in [0.5, 0.6) is 5.75 Å². The van der Waals surface area contributed by atoms with E-state index in [0.717, 1.165) is 17.7 Å². The van der Waals surface area contributed by atoms with E-state index in [1.807, 2.05) is 31.2 Å². The highest BCUT2D eigenvalue weighted by Crippen LogP contribution is 2.15. The van der Waals surface area contributed by atoms with E-state index >= 15 is 0 Å². The van der Waals surface area contributed by atoms with Crippen LogP contribution in [0.4, 0.5) is 0 Å². The molecule has 0 spiro atoms. The number of hydrogen-bond acceptors (Lipinski definition) is 3. The van der Waals surface area contributed by atoms with Crippen molar-refractivity contribution in [3.05, 3.63) is 29.8 Å². The zero-order valence-electron chi connectivity index (χ0n) is 9.81. The van der Waals surface area contributed by atoms with Crippen LogP contribution in [-0.2, 0) is 16.6 Å². The van der Waals surface area contributed by atoms with Crippen LogP contribution in [0.3, 0.4) is 0 Å². The predicted octanol–water partition coefficient (Wildman–Crippen LogP) is 1.68. The summed E-state index contributed by atoms with van der Waals surface area (Å²) in [5, 5.41) is 0.149. The molecule has 90 valence electrons. The van der Waals surface area contributed by atoms with Crippen molar-refractivity contribution in [3.63, 3.8) is 0 Å². The van der Waals surface area contributed by atoms with Gasteiger partial charge < -0.3 is 10.5 Å². The fourth-order valence-electron chi connectivity index (χ4n) is 1.43. The van der Waals surface area contributed by atoms with Gasteiger partial charge in [0.05, 0.1) is 7.11 Å². The van der Waals surface area contributed by atoms with Gasteiger partial charge in [-0.05, 0) is 30.7 Å². The molecule has 2 N–H and O–H groups in total. The monoisotopic (exact) mass is 241 g/mol. The molecule has 0 saturated carbocycles. The van der Waals surface area contributed by atoms with E-state index in [1.54, 1.807) is 7.11 Å². The predicted molar refractivity (Wildman–Crippen MR) is 68.0 cm³/mol. The number of ether oxygens (including phenoxy) is 1. The molecule has 1 aromatic carbocycles. The average molecular weight is 241 g/mol. The van der Waals surface area contributed by atoms with Gasteiger partial charge in [-0.3, -0.25) is 4.21 Å². The molecular weight excluding hydrogens is 222 g/mol. The summed E-state index contributed by atoms with van der Waals surface area (Å²) in [6.45, 7) is 2.56. The molecule has 2 unspecified atom stereocenters. The fraction of sp³-hybridized carbons (Fsp3) is 0.500. The van der Waals surface area contributed by atoms with Gasteiger partial charge in [0.15, 0.2) is 0 Å². The molecule has 0 amide bonds. The van der Waals surface area contributed by atoms with Crippen LogP contribution in [0.15, 0.2) is 24.3 Å². The summed E-state index contributed by atoms with van der Waals surface area (Å²) < 4.78 is 17.0. The Morgan fingerprint density at radius 1 is 1.50 bits per heavy atom. The maximum Gasteiger partial charge on any atom is 0.119 e. The van der Waals surface area contributed by atoms with Crippen molar-refractivity contribution in [2.75, 3.05) is 13.7 Å². The van der Waals surface area contributed by atoms with Crippen molar-refractivity contribution in [3.8, 4) is 5.75 Å². The van der Waals surface area contributed by atoms with Crippen molar-refractivity contribution >= 4 is 10.8 Å². The number of benzene rings is 1. The highest BCUT2D eigenvalue weighted by Gasteiger charge is 2.10. The molecule has 0 aromatic heterocycles.